The number of nitrogens with two attached hydrogens (primary N) is 1. The van der Waals surface area contributed by atoms with E-state index in [0.717, 1.165) is 12.1 Å². The van der Waals surface area contributed by atoms with E-state index in [2.05, 4.69) is 41.6 Å². The van der Waals surface area contributed by atoms with Crippen molar-refractivity contribution in [3.05, 3.63) is 65.7 Å². The molecule has 0 aliphatic rings. The number of benzene rings is 2. The standard InChI is InChI=1S/C20H26N4O.HI/c1-15(2)17-10-6-11-18(14-17)24-20(21)23-13-7-12-22-19(25)16-8-4-3-5-9-16;/h3-6,8-11,14-15H,7,12-13H2,1-2H3,(H,22,25)(H3,21,23,24);1H. The number of rotatable bonds is 7. The van der Waals surface area contributed by atoms with Crippen molar-refractivity contribution in [1.29, 1.82) is 0 Å². The van der Waals surface area contributed by atoms with Crippen LogP contribution in [0.15, 0.2) is 59.6 Å². The van der Waals surface area contributed by atoms with Crippen LogP contribution in [0.5, 0.6) is 0 Å². The third-order valence-corrected chi connectivity index (χ3v) is 3.76. The number of hydrogen-bond donors (Lipinski definition) is 3. The molecule has 2 aromatic carbocycles. The van der Waals surface area contributed by atoms with E-state index in [1.807, 2.05) is 30.3 Å². The molecule has 2 aromatic rings. The molecule has 0 atom stereocenters. The van der Waals surface area contributed by atoms with Crippen molar-refractivity contribution < 1.29 is 4.79 Å². The Morgan fingerprint density at radius 1 is 1.12 bits per heavy atom. The smallest absolute Gasteiger partial charge is 0.251 e. The Balaban J connectivity index is 0.00000338. The highest BCUT2D eigenvalue weighted by Gasteiger charge is 2.03. The summed E-state index contributed by atoms with van der Waals surface area (Å²) in [5.41, 5.74) is 8.77. The van der Waals surface area contributed by atoms with E-state index in [0.29, 0.717) is 30.5 Å². The Kier molecular flexibility index (Phi) is 9.72. The van der Waals surface area contributed by atoms with Gasteiger partial charge < -0.3 is 16.4 Å². The van der Waals surface area contributed by atoms with Crippen molar-refractivity contribution in [2.24, 2.45) is 10.7 Å². The third kappa shape index (κ3) is 7.43. The molecule has 0 spiro atoms. The summed E-state index contributed by atoms with van der Waals surface area (Å²) in [5.74, 6) is 0.782. The summed E-state index contributed by atoms with van der Waals surface area (Å²) in [4.78, 5) is 16.2. The van der Waals surface area contributed by atoms with Crippen LogP contribution in [0, 0.1) is 0 Å². The van der Waals surface area contributed by atoms with Gasteiger partial charge in [0.2, 0.25) is 0 Å². The number of carbonyl (C=O) groups is 1. The first-order valence-corrected chi connectivity index (χ1v) is 8.56. The quantitative estimate of drug-likeness (QED) is 0.250. The molecule has 0 fully saturated rings. The first-order chi connectivity index (χ1) is 12.1. The maximum atomic E-state index is 11.9. The van der Waals surface area contributed by atoms with Crippen LogP contribution < -0.4 is 16.4 Å². The highest BCUT2D eigenvalue weighted by molar-refractivity contribution is 14.0. The van der Waals surface area contributed by atoms with E-state index in [9.17, 15) is 4.79 Å². The molecule has 0 aliphatic heterocycles. The fourth-order valence-corrected chi connectivity index (χ4v) is 2.34. The summed E-state index contributed by atoms with van der Waals surface area (Å²) < 4.78 is 0. The highest BCUT2D eigenvalue weighted by atomic mass is 127. The SMILES string of the molecule is CC(C)c1cccc(NC(N)=NCCCNC(=O)c2ccccc2)c1.I. The zero-order chi connectivity index (χ0) is 18.1. The van der Waals surface area contributed by atoms with E-state index in [1.165, 1.54) is 5.56 Å². The van der Waals surface area contributed by atoms with Crippen LogP contribution in [0.3, 0.4) is 0 Å². The summed E-state index contributed by atoms with van der Waals surface area (Å²) in [6.45, 7) is 5.42. The summed E-state index contributed by atoms with van der Waals surface area (Å²) in [5, 5.41) is 5.98. The van der Waals surface area contributed by atoms with Gasteiger partial charge in [0.1, 0.15) is 0 Å². The molecule has 6 heteroatoms. The number of halogens is 1. The van der Waals surface area contributed by atoms with Gasteiger partial charge in [0.05, 0.1) is 0 Å². The van der Waals surface area contributed by atoms with E-state index in [-0.39, 0.29) is 29.9 Å². The molecule has 0 aromatic heterocycles. The number of aliphatic imine (C=N–C) groups is 1. The molecule has 0 bridgehead atoms. The van der Waals surface area contributed by atoms with Gasteiger partial charge in [-0.1, -0.05) is 44.2 Å². The van der Waals surface area contributed by atoms with Crippen LogP contribution in [0.25, 0.3) is 0 Å². The minimum Gasteiger partial charge on any atom is -0.370 e. The second-order valence-corrected chi connectivity index (χ2v) is 6.15. The molecule has 0 heterocycles. The number of nitrogens with one attached hydrogen (secondary N) is 2. The maximum Gasteiger partial charge on any atom is 0.251 e. The number of hydrogen-bond acceptors (Lipinski definition) is 2. The van der Waals surface area contributed by atoms with Crippen molar-refractivity contribution in [2.45, 2.75) is 26.2 Å². The monoisotopic (exact) mass is 466 g/mol. The largest absolute Gasteiger partial charge is 0.370 e. The first kappa shape index (κ1) is 22.0. The molecular formula is C20H27IN4O. The second-order valence-electron chi connectivity index (χ2n) is 6.15. The van der Waals surface area contributed by atoms with Crippen LogP contribution in [-0.4, -0.2) is 25.0 Å². The minimum atomic E-state index is -0.0684. The van der Waals surface area contributed by atoms with E-state index < -0.39 is 0 Å². The predicted octanol–water partition coefficient (Wildman–Crippen LogP) is 3.97. The molecule has 0 saturated carbocycles. The van der Waals surface area contributed by atoms with Gasteiger partial charge in [-0.25, -0.2) is 0 Å². The molecule has 5 nitrogen and oxygen atoms in total. The van der Waals surface area contributed by atoms with Crippen LogP contribution in [0.2, 0.25) is 0 Å². The van der Waals surface area contributed by atoms with Crippen molar-refractivity contribution in [1.82, 2.24) is 5.32 Å². The molecule has 0 radical (unpaired) electrons. The number of guanidine groups is 1. The van der Waals surface area contributed by atoms with Crippen molar-refractivity contribution in [3.8, 4) is 0 Å². The van der Waals surface area contributed by atoms with Gasteiger partial charge >= 0.3 is 0 Å². The van der Waals surface area contributed by atoms with Gasteiger partial charge in [0.25, 0.3) is 5.91 Å². The third-order valence-electron chi connectivity index (χ3n) is 3.76. The summed E-state index contributed by atoms with van der Waals surface area (Å²) in [7, 11) is 0. The van der Waals surface area contributed by atoms with Crippen molar-refractivity contribution in [3.63, 3.8) is 0 Å². The molecule has 26 heavy (non-hydrogen) atoms. The molecule has 0 aliphatic carbocycles. The Morgan fingerprint density at radius 3 is 2.54 bits per heavy atom. The molecule has 0 unspecified atom stereocenters. The lowest BCUT2D eigenvalue weighted by Crippen LogP contribution is -2.26. The average molecular weight is 466 g/mol. The normalized spacial score (nSPS) is 11.0. The Morgan fingerprint density at radius 2 is 1.85 bits per heavy atom. The number of anilines is 1. The highest BCUT2D eigenvalue weighted by Crippen LogP contribution is 2.18. The molecule has 140 valence electrons. The van der Waals surface area contributed by atoms with Crippen LogP contribution in [0.1, 0.15) is 42.1 Å². The number of nitrogens with zero attached hydrogens (tertiary/aromatic N) is 1. The van der Waals surface area contributed by atoms with Crippen LogP contribution >= 0.6 is 24.0 Å². The van der Waals surface area contributed by atoms with Gasteiger partial charge in [-0.05, 0) is 42.2 Å². The fourth-order valence-electron chi connectivity index (χ4n) is 2.34. The number of amides is 1. The molecule has 4 N–H and O–H groups in total. The van der Waals surface area contributed by atoms with E-state index >= 15 is 0 Å². The Bertz CT molecular complexity index is 717. The van der Waals surface area contributed by atoms with Gasteiger partial charge in [-0.2, -0.15) is 0 Å². The summed E-state index contributed by atoms with van der Waals surface area (Å²) >= 11 is 0. The zero-order valence-corrected chi connectivity index (χ0v) is 17.6. The van der Waals surface area contributed by atoms with Crippen LogP contribution in [0.4, 0.5) is 5.69 Å². The van der Waals surface area contributed by atoms with Gasteiger partial charge in [-0.3, -0.25) is 9.79 Å². The second kappa shape index (κ2) is 11.5. The van der Waals surface area contributed by atoms with E-state index in [1.54, 1.807) is 12.1 Å². The molecule has 0 saturated heterocycles. The minimum absolute atomic E-state index is 0. The molecule has 2 rings (SSSR count). The van der Waals surface area contributed by atoms with Gasteiger partial charge in [0.15, 0.2) is 5.96 Å². The number of carbonyl (C=O) groups excluding carboxylic acids is 1. The fraction of sp³-hybridized carbons (Fsp3) is 0.300. The van der Waals surface area contributed by atoms with Crippen molar-refractivity contribution in [2.75, 3.05) is 18.4 Å². The molecular weight excluding hydrogens is 439 g/mol. The van der Waals surface area contributed by atoms with Crippen molar-refractivity contribution >= 4 is 41.5 Å². The predicted molar refractivity (Wildman–Crippen MR) is 119 cm³/mol. The lowest BCUT2D eigenvalue weighted by atomic mass is 10.0. The average Bonchev–Trinajstić information content (AvgIpc) is 2.62. The molecule has 1 amide bonds. The van der Waals surface area contributed by atoms with Gasteiger partial charge in [0, 0.05) is 24.3 Å². The van der Waals surface area contributed by atoms with Crippen LogP contribution in [-0.2, 0) is 0 Å². The Labute approximate surface area is 172 Å². The first-order valence-electron chi connectivity index (χ1n) is 8.56. The Hall–Kier alpha value is -2.09. The lowest BCUT2D eigenvalue weighted by Gasteiger charge is -2.10. The summed E-state index contributed by atoms with van der Waals surface area (Å²) in [6, 6.07) is 17.3. The zero-order valence-electron chi connectivity index (χ0n) is 15.2. The lowest BCUT2D eigenvalue weighted by molar-refractivity contribution is 0.0953. The van der Waals surface area contributed by atoms with Gasteiger partial charge in [-0.15, -0.1) is 24.0 Å². The maximum absolute atomic E-state index is 11.9. The topological polar surface area (TPSA) is 79.5 Å². The van der Waals surface area contributed by atoms with E-state index in [4.69, 9.17) is 5.73 Å². The summed E-state index contributed by atoms with van der Waals surface area (Å²) in [6.07, 6.45) is 0.729.